The lowest BCUT2D eigenvalue weighted by atomic mass is 10.1. The molecule has 2 aromatic heterocycles. The number of rotatable bonds is 7. The third kappa shape index (κ3) is 4.41. The normalized spacial score (nSPS) is 11.0. The van der Waals surface area contributed by atoms with Crippen molar-refractivity contribution in [3.63, 3.8) is 0 Å². The number of hydrogen-bond donors (Lipinski definition) is 1. The number of halogens is 1. The summed E-state index contributed by atoms with van der Waals surface area (Å²) in [5, 5.41) is 3.87. The van der Waals surface area contributed by atoms with Gasteiger partial charge in [0, 0.05) is 22.6 Å². The van der Waals surface area contributed by atoms with Crippen LogP contribution in [0.25, 0.3) is 22.2 Å². The van der Waals surface area contributed by atoms with Gasteiger partial charge in [0.1, 0.15) is 28.7 Å². The van der Waals surface area contributed by atoms with E-state index in [0.29, 0.717) is 35.0 Å². The Morgan fingerprint density at radius 1 is 1.09 bits per heavy atom. The van der Waals surface area contributed by atoms with Gasteiger partial charge in [-0.05, 0) is 42.0 Å². The van der Waals surface area contributed by atoms with Gasteiger partial charge in [-0.25, -0.2) is 9.37 Å². The summed E-state index contributed by atoms with van der Waals surface area (Å²) >= 11 is 0. The number of carbonyl (C=O) groups excluding carboxylic acids is 1. The van der Waals surface area contributed by atoms with E-state index in [1.165, 1.54) is 12.1 Å². The first-order valence-corrected chi connectivity index (χ1v) is 10.8. The van der Waals surface area contributed by atoms with Gasteiger partial charge in [0.2, 0.25) is 5.91 Å². The predicted molar refractivity (Wildman–Crippen MR) is 128 cm³/mol. The maximum Gasteiger partial charge on any atom is 0.230 e. The number of fused-ring (bicyclic) bond motifs is 1. The number of benzene rings is 3. The molecule has 6 nitrogen and oxygen atoms in total. The number of imidazole rings is 1. The van der Waals surface area contributed by atoms with Crippen LogP contribution in [0.15, 0.2) is 89.8 Å². The number of aromatic nitrogens is 2. The average Bonchev–Trinajstić information content (AvgIpc) is 3.44. The molecule has 0 aliphatic heterocycles. The Labute approximate surface area is 195 Å². The lowest BCUT2D eigenvalue weighted by Gasteiger charge is -2.12. The molecule has 5 aromatic rings. The van der Waals surface area contributed by atoms with Crippen LogP contribution in [0.4, 0.5) is 10.2 Å². The van der Waals surface area contributed by atoms with E-state index in [1.807, 2.05) is 47.0 Å². The Bertz CT molecular complexity index is 1440. The van der Waals surface area contributed by atoms with Gasteiger partial charge in [0.15, 0.2) is 0 Å². The fourth-order valence-electron chi connectivity index (χ4n) is 3.91. The standard InChI is InChI=1S/C27H22FN3O3/c1-33-22-11-12-23-20(16-34-24(23)14-22)13-25(32)30-27-26(19-7-9-21(28)10-8-19)29-17-31(27)15-18-5-3-2-4-6-18/h2-12,14,16-17H,13,15H2,1H3,(H,30,32). The van der Waals surface area contributed by atoms with E-state index in [9.17, 15) is 9.18 Å². The number of amides is 1. The van der Waals surface area contributed by atoms with E-state index >= 15 is 0 Å². The highest BCUT2D eigenvalue weighted by molar-refractivity contribution is 5.97. The van der Waals surface area contributed by atoms with Crippen LogP contribution in [0.3, 0.4) is 0 Å². The number of carbonyl (C=O) groups is 1. The van der Waals surface area contributed by atoms with Crippen molar-refractivity contribution in [1.29, 1.82) is 0 Å². The van der Waals surface area contributed by atoms with Crippen molar-refractivity contribution >= 4 is 22.7 Å². The molecule has 0 saturated heterocycles. The lowest BCUT2D eigenvalue weighted by Crippen LogP contribution is -2.18. The summed E-state index contributed by atoms with van der Waals surface area (Å²) in [7, 11) is 1.59. The Morgan fingerprint density at radius 2 is 1.88 bits per heavy atom. The second-order valence-corrected chi connectivity index (χ2v) is 7.91. The molecule has 0 spiro atoms. The van der Waals surface area contributed by atoms with Crippen molar-refractivity contribution in [2.75, 3.05) is 12.4 Å². The molecule has 1 N–H and O–H groups in total. The molecule has 34 heavy (non-hydrogen) atoms. The molecule has 0 unspecified atom stereocenters. The Balaban J connectivity index is 1.44. The molecule has 0 radical (unpaired) electrons. The second-order valence-electron chi connectivity index (χ2n) is 7.91. The Hall–Kier alpha value is -4.39. The Morgan fingerprint density at radius 3 is 2.65 bits per heavy atom. The third-order valence-corrected chi connectivity index (χ3v) is 5.62. The van der Waals surface area contributed by atoms with E-state index in [0.717, 1.165) is 16.5 Å². The van der Waals surface area contributed by atoms with Crippen LogP contribution in [0, 0.1) is 5.82 Å². The molecule has 3 aromatic carbocycles. The number of methoxy groups -OCH3 is 1. The topological polar surface area (TPSA) is 69.3 Å². The predicted octanol–water partition coefficient (Wildman–Crippen LogP) is 5.67. The zero-order valence-electron chi connectivity index (χ0n) is 18.5. The van der Waals surface area contributed by atoms with Crippen molar-refractivity contribution in [3.8, 4) is 17.0 Å². The number of nitrogens with zero attached hydrogens (tertiary/aromatic N) is 2. The highest BCUT2D eigenvalue weighted by Gasteiger charge is 2.18. The molecule has 5 rings (SSSR count). The first-order valence-electron chi connectivity index (χ1n) is 10.8. The molecule has 0 saturated carbocycles. The lowest BCUT2D eigenvalue weighted by molar-refractivity contribution is -0.115. The first kappa shape index (κ1) is 21.5. The van der Waals surface area contributed by atoms with Gasteiger partial charge in [-0.2, -0.15) is 0 Å². The highest BCUT2D eigenvalue weighted by atomic mass is 19.1. The van der Waals surface area contributed by atoms with Gasteiger partial charge in [-0.15, -0.1) is 0 Å². The summed E-state index contributed by atoms with van der Waals surface area (Å²) in [6, 6.07) is 21.5. The zero-order chi connectivity index (χ0) is 23.5. The molecule has 0 atom stereocenters. The van der Waals surface area contributed by atoms with Crippen molar-refractivity contribution in [2.45, 2.75) is 13.0 Å². The van der Waals surface area contributed by atoms with Crippen LogP contribution in [-0.2, 0) is 17.8 Å². The van der Waals surface area contributed by atoms with Crippen LogP contribution in [0.2, 0.25) is 0 Å². The summed E-state index contributed by atoms with van der Waals surface area (Å²) in [6.07, 6.45) is 3.39. The van der Waals surface area contributed by atoms with Crippen LogP contribution in [0.5, 0.6) is 5.75 Å². The van der Waals surface area contributed by atoms with Crippen LogP contribution in [0.1, 0.15) is 11.1 Å². The van der Waals surface area contributed by atoms with E-state index in [2.05, 4.69) is 10.3 Å². The molecule has 2 heterocycles. The summed E-state index contributed by atoms with van der Waals surface area (Å²) in [6.45, 7) is 0.527. The maximum absolute atomic E-state index is 13.5. The highest BCUT2D eigenvalue weighted by Crippen LogP contribution is 2.29. The Kier molecular flexibility index (Phi) is 5.82. The molecule has 0 fully saturated rings. The van der Waals surface area contributed by atoms with Gasteiger partial charge >= 0.3 is 0 Å². The molecular weight excluding hydrogens is 433 g/mol. The summed E-state index contributed by atoms with van der Waals surface area (Å²) < 4.78 is 26.2. The van der Waals surface area contributed by atoms with Crippen LogP contribution >= 0.6 is 0 Å². The van der Waals surface area contributed by atoms with Crippen molar-refractivity contribution in [1.82, 2.24) is 9.55 Å². The van der Waals surface area contributed by atoms with Crippen LogP contribution in [-0.4, -0.2) is 22.6 Å². The van der Waals surface area contributed by atoms with Gasteiger partial charge in [0.05, 0.1) is 32.7 Å². The fraction of sp³-hybridized carbons (Fsp3) is 0.111. The smallest absolute Gasteiger partial charge is 0.230 e. The summed E-state index contributed by atoms with van der Waals surface area (Å²) in [5.74, 6) is 0.694. The molecular formula is C27H22FN3O3. The van der Waals surface area contributed by atoms with Gasteiger partial charge < -0.3 is 19.0 Å². The number of ether oxygens (including phenoxy) is 1. The second kappa shape index (κ2) is 9.23. The summed E-state index contributed by atoms with van der Waals surface area (Å²) in [5.41, 5.74) is 3.78. The first-order chi connectivity index (χ1) is 16.6. The minimum absolute atomic E-state index is 0.124. The third-order valence-electron chi connectivity index (χ3n) is 5.62. The van der Waals surface area contributed by atoms with E-state index in [1.54, 1.807) is 37.9 Å². The van der Waals surface area contributed by atoms with Crippen molar-refractivity contribution in [3.05, 3.63) is 102 Å². The number of furan rings is 1. The van der Waals surface area contributed by atoms with Crippen molar-refractivity contribution in [2.24, 2.45) is 0 Å². The molecule has 0 aliphatic rings. The zero-order valence-corrected chi connectivity index (χ0v) is 18.5. The largest absolute Gasteiger partial charge is 0.497 e. The van der Waals surface area contributed by atoms with Gasteiger partial charge in [0.25, 0.3) is 0 Å². The van der Waals surface area contributed by atoms with Crippen LogP contribution < -0.4 is 10.1 Å². The minimum Gasteiger partial charge on any atom is -0.497 e. The quantitative estimate of drug-likeness (QED) is 0.343. The SMILES string of the molecule is COc1ccc2c(CC(=O)Nc3c(-c4ccc(F)cc4)ncn3Cc3ccccc3)coc2c1. The monoisotopic (exact) mass is 455 g/mol. The van der Waals surface area contributed by atoms with E-state index < -0.39 is 0 Å². The fourth-order valence-corrected chi connectivity index (χ4v) is 3.91. The molecule has 170 valence electrons. The average molecular weight is 455 g/mol. The van der Waals surface area contributed by atoms with E-state index in [4.69, 9.17) is 9.15 Å². The van der Waals surface area contributed by atoms with E-state index in [-0.39, 0.29) is 18.1 Å². The number of nitrogens with one attached hydrogen (secondary N) is 1. The number of anilines is 1. The minimum atomic E-state index is -0.332. The number of hydrogen-bond acceptors (Lipinski definition) is 4. The molecule has 0 bridgehead atoms. The molecule has 0 aliphatic carbocycles. The van der Waals surface area contributed by atoms with Gasteiger partial charge in [-0.3, -0.25) is 4.79 Å². The molecule has 1 amide bonds. The summed E-state index contributed by atoms with van der Waals surface area (Å²) in [4.78, 5) is 17.6. The van der Waals surface area contributed by atoms with Gasteiger partial charge in [-0.1, -0.05) is 30.3 Å². The maximum atomic E-state index is 13.5. The molecule has 7 heteroatoms. The van der Waals surface area contributed by atoms with Crippen molar-refractivity contribution < 1.29 is 18.3 Å².